The first-order valence-corrected chi connectivity index (χ1v) is 5.64. The van der Waals surface area contributed by atoms with Crippen molar-refractivity contribution in [2.24, 2.45) is 0 Å². The van der Waals surface area contributed by atoms with Gasteiger partial charge in [0.25, 0.3) is 0 Å². The first-order valence-electron chi connectivity index (χ1n) is 5.27. The van der Waals surface area contributed by atoms with Gasteiger partial charge in [0.2, 0.25) is 5.28 Å². The van der Waals surface area contributed by atoms with Crippen LogP contribution in [0.25, 0.3) is 5.69 Å². The molecule has 0 saturated heterocycles. The second-order valence-electron chi connectivity index (χ2n) is 3.45. The number of rotatable bonds is 4. The van der Waals surface area contributed by atoms with Gasteiger partial charge in [-0.15, -0.1) is 10.2 Å². The lowest BCUT2D eigenvalue weighted by molar-refractivity contribution is -0.0498. The molecule has 0 spiro atoms. The normalized spacial score (nSPS) is 10.9. The molecule has 0 unspecified atom stereocenters. The van der Waals surface area contributed by atoms with Crippen LogP contribution in [-0.2, 0) is 6.42 Å². The van der Waals surface area contributed by atoms with Gasteiger partial charge in [0.05, 0.1) is 5.69 Å². The predicted molar refractivity (Wildman–Crippen MR) is 62.4 cm³/mol. The summed E-state index contributed by atoms with van der Waals surface area (Å²) in [6, 6.07) is 6.12. The van der Waals surface area contributed by atoms with E-state index in [1.165, 1.54) is 12.1 Å². The van der Waals surface area contributed by atoms with Crippen LogP contribution in [0.4, 0.5) is 8.78 Å². The van der Waals surface area contributed by atoms with Crippen molar-refractivity contribution in [3.05, 3.63) is 35.4 Å². The van der Waals surface area contributed by atoms with Crippen molar-refractivity contribution in [1.82, 2.24) is 14.8 Å². The maximum atomic E-state index is 12.0. The van der Waals surface area contributed by atoms with Crippen LogP contribution in [-0.4, -0.2) is 21.4 Å². The van der Waals surface area contributed by atoms with Gasteiger partial charge < -0.3 is 4.74 Å². The van der Waals surface area contributed by atoms with Crippen molar-refractivity contribution < 1.29 is 13.5 Å². The molecule has 1 heterocycles. The van der Waals surface area contributed by atoms with Gasteiger partial charge in [0, 0.05) is 6.42 Å². The van der Waals surface area contributed by atoms with Crippen LogP contribution < -0.4 is 4.74 Å². The lowest BCUT2D eigenvalue weighted by Crippen LogP contribution is -2.03. The fourth-order valence-corrected chi connectivity index (χ4v) is 1.79. The number of halogens is 3. The van der Waals surface area contributed by atoms with Gasteiger partial charge in [-0.1, -0.05) is 6.92 Å². The molecule has 0 aliphatic rings. The van der Waals surface area contributed by atoms with E-state index in [9.17, 15) is 8.78 Å². The summed E-state index contributed by atoms with van der Waals surface area (Å²) < 4.78 is 29.9. The van der Waals surface area contributed by atoms with Gasteiger partial charge in [0.15, 0.2) is 0 Å². The summed E-state index contributed by atoms with van der Waals surface area (Å²) >= 11 is 5.92. The van der Waals surface area contributed by atoms with Crippen LogP contribution in [0.3, 0.4) is 0 Å². The Bertz CT molecular complexity index is 528. The quantitative estimate of drug-likeness (QED) is 0.859. The molecule has 0 bridgehead atoms. The molecular formula is C11H10ClF2N3O. The molecule has 7 heteroatoms. The van der Waals surface area contributed by atoms with Gasteiger partial charge in [-0.25, -0.2) is 0 Å². The highest BCUT2D eigenvalue weighted by atomic mass is 35.5. The van der Waals surface area contributed by atoms with Gasteiger partial charge in [-0.2, -0.15) is 8.78 Å². The van der Waals surface area contributed by atoms with E-state index in [0.717, 1.165) is 0 Å². The minimum absolute atomic E-state index is 0.0935. The molecule has 0 saturated carbocycles. The first-order chi connectivity index (χ1) is 8.61. The van der Waals surface area contributed by atoms with Crippen molar-refractivity contribution in [3.63, 3.8) is 0 Å². The molecule has 2 aromatic rings. The zero-order chi connectivity index (χ0) is 13.1. The molecular weight excluding hydrogens is 264 g/mol. The maximum absolute atomic E-state index is 12.0. The van der Waals surface area contributed by atoms with Crippen molar-refractivity contribution in [1.29, 1.82) is 0 Å². The van der Waals surface area contributed by atoms with Gasteiger partial charge >= 0.3 is 6.61 Å². The molecule has 0 fully saturated rings. The lowest BCUT2D eigenvalue weighted by atomic mass is 10.3. The van der Waals surface area contributed by atoms with Crippen LogP contribution in [0.1, 0.15) is 12.7 Å². The standard InChI is InChI=1S/C11H10ClF2N3O/c1-2-9-15-16-10(12)17(9)7-3-5-8(6-4-7)18-11(13)14/h3-6,11H,2H2,1H3. The number of nitrogens with zero attached hydrogens (tertiary/aromatic N) is 3. The molecule has 0 aliphatic heterocycles. The maximum Gasteiger partial charge on any atom is 0.387 e. The molecule has 4 nitrogen and oxygen atoms in total. The SMILES string of the molecule is CCc1nnc(Cl)n1-c1ccc(OC(F)F)cc1. The second-order valence-corrected chi connectivity index (χ2v) is 3.78. The zero-order valence-electron chi connectivity index (χ0n) is 9.48. The number of aromatic nitrogens is 3. The Morgan fingerprint density at radius 2 is 1.94 bits per heavy atom. The number of benzene rings is 1. The highest BCUT2D eigenvalue weighted by Gasteiger charge is 2.11. The number of aryl methyl sites for hydroxylation is 1. The van der Waals surface area contributed by atoms with E-state index in [1.54, 1.807) is 16.7 Å². The van der Waals surface area contributed by atoms with Crippen LogP contribution in [0.2, 0.25) is 5.28 Å². The Labute approximate surface area is 107 Å². The summed E-state index contributed by atoms with van der Waals surface area (Å²) in [5, 5.41) is 7.90. The summed E-state index contributed by atoms with van der Waals surface area (Å²) in [6.07, 6.45) is 0.662. The van der Waals surface area contributed by atoms with Gasteiger partial charge in [-0.3, -0.25) is 4.57 Å². The van der Waals surface area contributed by atoms with Crippen molar-refractivity contribution in [2.75, 3.05) is 0 Å². The molecule has 1 aromatic carbocycles. The summed E-state index contributed by atoms with van der Waals surface area (Å²) in [6.45, 7) is -0.911. The molecule has 96 valence electrons. The zero-order valence-corrected chi connectivity index (χ0v) is 10.2. The van der Waals surface area contributed by atoms with Crippen molar-refractivity contribution in [3.8, 4) is 11.4 Å². The van der Waals surface area contributed by atoms with Crippen LogP contribution in [0.15, 0.2) is 24.3 Å². The number of hydrogen-bond donors (Lipinski definition) is 0. The summed E-state index contributed by atoms with van der Waals surface area (Å²) in [5.74, 6) is 0.790. The van der Waals surface area contributed by atoms with E-state index < -0.39 is 6.61 Å². The highest BCUT2D eigenvalue weighted by molar-refractivity contribution is 6.28. The highest BCUT2D eigenvalue weighted by Crippen LogP contribution is 2.21. The molecule has 0 amide bonds. The Kier molecular flexibility index (Phi) is 3.76. The minimum atomic E-state index is -2.83. The summed E-state index contributed by atoms with van der Waals surface area (Å²) in [5.41, 5.74) is 0.698. The third-order valence-corrected chi connectivity index (χ3v) is 2.57. The molecule has 0 N–H and O–H groups in total. The third kappa shape index (κ3) is 2.59. The largest absolute Gasteiger partial charge is 0.435 e. The molecule has 1 aromatic heterocycles. The monoisotopic (exact) mass is 273 g/mol. The average Bonchev–Trinajstić information content (AvgIpc) is 2.71. The fraction of sp³-hybridized carbons (Fsp3) is 0.273. The number of hydrogen-bond acceptors (Lipinski definition) is 3. The lowest BCUT2D eigenvalue weighted by Gasteiger charge is -2.08. The number of alkyl halides is 2. The third-order valence-electron chi connectivity index (χ3n) is 2.33. The Balaban J connectivity index is 2.31. The Morgan fingerprint density at radius 1 is 1.28 bits per heavy atom. The molecule has 18 heavy (non-hydrogen) atoms. The average molecular weight is 274 g/mol. The smallest absolute Gasteiger partial charge is 0.387 e. The Morgan fingerprint density at radius 3 is 2.50 bits per heavy atom. The summed E-state index contributed by atoms with van der Waals surface area (Å²) in [4.78, 5) is 0. The minimum Gasteiger partial charge on any atom is -0.435 e. The van der Waals surface area contributed by atoms with E-state index in [4.69, 9.17) is 11.6 Å². The Hall–Kier alpha value is -1.69. The molecule has 0 aliphatic carbocycles. The van der Waals surface area contributed by atoms with E-state index in [2.05, 4.69) is 14.9 Å². The first kappa shape index (κ1) is 12.8. The van der Waals surface area contributed by atoms with E-state index in [0.29, 0.717) is 17.9 Å². The molecule has 0 radical (unpaired) electrons. The van der Waals surface area contributed by atoms with Crippen LogP contribution in [0.5, 0.6) is 5.75 Å². The molecule has 0 atom stereocenters. The van der Waals surface area contributed by atoms with Crippen molar-refractivity contribution >= 4 is 11.6 Å². The predicted octanol–water partition coefficient (Wildman–Crippen LogP) is 3.08. The van der Waals surface area contributed by atoms with Gasteiger partial charge in [-0.05, 0) is 35.9 Å². The van der Waals surface area contributed by atoms with Crippen molar-refractivity contribution in [2.45, 2.75) is 20.0 Å². The fourth-order valence-electron chi connectivity index (χ4n) is 1.56. The van der Waals surface area contributed by atoms with Crippen LogP contribution >= 0.6 is 11.6 Å². The van der Waals surface area contributed by atoms with E-state index in [-0.39, 0.29) is 11.0 Å². The summed E-state index contributed by atoms with van der Waals surface area (Å²) in [7, 11) is 0. The number of ether oxygens (including phenoxy) is 1. The van der Waals surface area contributed by atoms with E-state index in [1.807, 2.05) is 6.92 Å². The molecule has 2 rings (SSSR count). The van der Waals surface area contributed by atoms with Crippen LogP contribution in [0, 0.1) is 0 Å². The van der Waals surface area contributed by atoms with Gasteiger partial charge in [0.1, 0.15) is 11.6 Å². The topological polar surface area (TPSA) is 39.9 Å². The van der Waals surface area contributed by atoms with E-state index >= 15 is 0 Å². The second kappa shape index (κ2) is 5.30.